The molecule has 5 N–H and O–H groups in total. The summed E-state index contributed by atoms with van der Waals surface area (Å²) in [5.74, 6) is 0.881. The van der Waals surface area contributed by atoms with E-state index in [1.165, 1.54) is 0 Å². The van der Waals surface area contributed by atoms with Crippen LogP contribution in [-0.4, -0.2) is 49.5 Å². The van der Waals surface area contributed by atoms with Crippen molar-refractivity contribution in [3.8, 4) is 5.75 Å². The van der Waals surface area contributed by atoms with Gasteiger partial charge in [-0.25, -0.2) is 0 Å². The van der Waals surface area contributed by atoms with Crippen LogP contribution in [0.3, 0.4) is 0 Å². The zero-order chi connectivity index (χ0) is 29.5. The van der Waals surface area contributed by atoms with E-state index in [2.05, 4.69) is 16.0 Å². The standard InChI is InChI=1S/C34H40N4O4/c1-2-42-27-15-13-24(14-16-27)18-30(37-31(39)25-11-7-4-8-12-25)33(41)38-29(17-23-9-5-3-6-10-23)32(40)36-22-34-19-26(21-35)28(34)20-34/h3-16,26,28-30H,2,17-22,35H2,1H3,(H,36,40)(H,37,39)(H,38,41)/t26?,28?,29-,30+,34?/m0/s1. The number of hydrogen-bond acceptors (Lipinski definition) is 5. The van der Waals surface area contributed by atoms with Crippen LogP contribution in [0.15, 0.2) is 84.9 Å². The third kappa shape index (κ3) is 6.99. The van der Waals surface area contributed by atoms with Gasteiger partial charge in [-0.3, -0.25) is 14.4 Å². The number of carbonyl (C=O) groups excluding carboxylic acids is 3. The summed E-state index contributed by atoms with van der Waals surface area (Å²) in [5, 5.41) is 8.98. The first kappa shape index (κ1) is 29.3. The van der Waals surface area contributed by atoms with Crippen LogP contribution in [0.1, 0.15) is 41.3 Å². The SMILES string of the molecule is CCOc1ccc(C[C@@H](NC(=O)c2ccccc2)C(=O)N[C@@H](Cc2ccccc2)C(=O)NCC23CC(CN)C2C3)cc1. The van der Waals surface area contributed by atoms with E-state index in [4.69, 9.17) is 10.5 Å². The zero-order valence-electron chi connectivity index (χ0n) is 24.1. The van der Waals surface area contributed by atoms with Crippen LogP contribution in [0.5, 0.6) is 5.75 Å². The maximum Gasteiger partial charge on any atom is 0.251 e. The summed E-state index contributed by atoms with van der Waals surface area (Å²) in [6.45, 7) is 3.75. The molecule has 5 atom stereocenters. The van der Waals surface area contributed by atoms with Crippen molar-refractivity contribution in [2.45, 2.75) is 44.7 Å². The Balaban J connectivity index is 1.31. The molecule has 0 bridgehead atoms. The van der Waals surface area contributed by atoms with Crippen LogP contribution < -0.4 is 26.4 Å². The molecule has 220 valence electrons. The Hall–Kier alpha value is -4.17. The molecule has 0 aromatic heterocycles. The molecule has 3 aromatic carbocycles. The highest BCUT2D eigenvalue weighted by Crippen LogP contribution is 2.70. The number of nitrogens with two attached hydrogens (primary N) is 1. The van der Waals surface area contributed by atoms with Crippen LogP contribution in [0.2, 0.25) is 0 Å². The van der Waals surface area contributed by atoms with E-state index in [0.717, 1.165) is 29.7 Å². The van der Waals surface area contributed by atoms with Gasteiger partial charge in [-0.15, -0.1) is 0 Å². The van der Waals surface area contributed by atoms with Crippen molar-refractivity contribution in [2.75, 3.05) is 19.7 Å². The van der Waals surface area contributed by atoms with Gasteiger partial charge in [0.05, 0.1) is 6.61 Å². The van der Waals surface area contributed by atoms with Gasteiger partial charge in [0.1, 0.15) is 17.8 Å². The highest BCUT2D eigenvalue weighted by Gasteiger charge is 2.65. The maximum absolute atomic E-state index is 13.8. The molecular weight excluding hydrogens is 528 g/mol. The van der Waals surface area contributed by atoms with Gasteiger partial charge < -0.3 is 26.4 Å². The van der Waals surface area contributed by atoms with E-state index in [0.29, 0.717) is 43.5 Å². The lowest BCUT2D eigenvalue weighted by molar-refractivity contribution is -0.130. The van der Waals surface area contributed by atoms with Gasteiger partial charge in [0.25, 0.3) is 5.91 Å². The molecule has 0 saturated heterocycles. The predicted molar refractivity (Wildman–Crippen MR) is 162 cm³/mol. The molecule has 0 spiro atoms. The Kier molecular flexibility index (Phi) is 9.22. The van der Waals surface area contributed by atoms with Crippen molar-refractivity contribution in [2.24, 2.45) is 23.0 Å². The zero-order valence-corrected chi connectivity index (χ0v) is 24.1. The number of benzene rings is 3. The van der Waals surface area contributed by atoms with Crippen LogP contribution in [-0.2, 0) is 22.4 Å². The summed E-state index contributed by atoms with van der Waals surface area (Å²) in [4.78, 5) is 40.4. The number of nitrogens with one attached hydrogen (secondary N) is 3. The van der Waals surface area contributed by atoms with Crippen molar-refractivity contribution in [3.63, 3.8) is 0 Å². The molecule has 8 nitrogen and oxygen atoms in total. The minimum atomic E-state index is -0.898. The van der Waals surface area contributed by atoms with Crippen LogP contribution in [0, 0.1) is 17.3 Å². The number of rotatable bonds is 14. The Morgan fingerprint density at radius 1 is 0.833 bits per heavy atom. The van der Waals surface area contributed by atoms with Gasteiger partial charge >= 0.3 is 0 Å². The van der Waals surface area contributed by atoms with Gasteiger partial charge in [-0.2, -0.15) is 0 Å². The second-order valence-corrected chi connectivity index (χ2v) is 11.5. The molecule has 2 saturated carbocycles. The monoisotopic (exact) mass is 568 g/mol. The molecule has 0 radical (unpaired) electrons. The average molecular weight is 569 g/mol. The molecule has 0 aliphatic heterocycles. The first-order valence-electron chi connectivity index (χ1n) is 14.8. The van der Waals surface area contributed by atoms with Crippen molar-refractivity contribution in [1.82, 2.24) is 16.0 Å². The average Bonchev–Trinajstić information content (AvgIpc) is 3.60. The minimum absolute atomic E-state index is 0.168. The molecule has 2 fully saturated rings. The third-order valence-corrected chi connectivity index (χ3v) is 8.66. The molecule has 3 aromatic rings. The van der Waals surface area contributed by atoms with Gasteiger partial charge in [0, 0.05) is 24.9 Å². The van der Waals surface area contributed by atoms with E-state index < -0.39 is 18.0 Å². The van der Waals surface area contributed by atoms with E-state index >= 15 is 0 Å². The normalized spacial score (nSPS) is 21.6. The van der Waals surface area contributed by atoms with Crippen molar-refractivity contribution in [3.05, 3.63) is 102 Å². The summed E-state index contributed by atoms with van der Waals surface area (Å²) in [7, 11) is 0. The lowest BCUT2D eigenvalue weighted by Crippen LogP contribution is -2.55. The molecule has 2 aliphatic rings. The number of ether oxygens (including phenoxy) is 1. The molecular formula is C34H40N4O4. The Labute approximate surface area is 247 Å². The van der Waals surface area contributed by atoms with E-state index in [1.54, 1.807) is 24.3 Å². The number of fused-ring (bicyclic) bond motifs is 1. The fourth-order valence-corrected chi connectivity index (χ4v) is 6.19. The van der Waals surface area contributed by atoms with E-state index in [9.17, 15) is 14.4 Å². The summed E-state index contributed by atoms with van der Waals surface area (Å²) in [6.07, 6.45) is 2.73. The van der Waals surface area contributed by atoms with Crippen LogP contribution in [0.25, 0.3) is 0 Å². The molecule has 3 amide bonds. The second kappa shape index (κ2) is 13.2. The number of carbonyl (C=O) groups is 3. The smallest absolute Gasteiger partial charge is 0.251 e. The van der Waals surface area contributed by atoms with Gasteiger partial charge in [-0.1, -0.05) is 60.7 Å². The van der Waals surface area contributed by atoms with Crippen LogP contribution in [0.4, 0.5) is 0 Å². The largest absolute Gasteiger partial charge is 0.494 e. The summed E-state index contributed by atoms with van der Waals surface area (Å²) >= 11 is 0. The molecule has 3 unspecified atom stereocenters. The van der Waals surface area contributed by atoms with Crippen LogP contribution >= 0.6 is 0 Å². The van der Waals surface area contributed by atoms with Crippen molar-refractivity contribution >= 4 is 17.7 Å². The lowest BCUT2D eigenvalue weighted by atomic mass is 9.75. The van der Waals surface area contributed by atoms with E-state index in [-0.39, 0.29) is 23.7 Å². The first-order chi connectivity index (χ1) is 20.4. The van der Waals surface area contributed by atoms with E-state index in [1.807, 2.05) is 67.6 Å². The fourth-order valence-electron chi connectivity index (χ4n) is 6.19. The second-order valence-electron chi connectivity index (χ2n) is 11.5. The summed E-state index contributed by atoms with van der Waals surface area (Å²) in [5.41, 5.74) is 8.27. The molecule has 8 heteroatoms. The summed E-state index contributed by atoms with van der Waals surface area (Å²) in [6, 6.07) is 24.2. The van der Waals surface area contributed by atoms with Gasteiger partial charge in [-0.05, 0) is 79.0 Å². The predicted octanol–water partition coefficient (Wildman–Crippen LogP) is 3.26. The maximum atomic E-state index is 13.8. The van der Waals surface area contributed by atoms with Gasteiger partial charge in [0.2, 0.25) is 11.8 Å². The molecule has 0 heterocycles. The fraction of sp³-hybridized carbons (Fsp3) is 0.382. The Bertz CT molecular complexity index is 1370. The quantitative estimate of drug-likeness (QED) is 0.238. The number of amides is 3. The lowest BCUT2D eigenvalue weighted by Gasteiger charge is -2.34. The summed E-state index contributed by atoms with van der Waals surface area (Å²) < 4.78 is 5.55. The Morgan fingerprint density at radius 3 is 2.07 bits per heavy atom. The third-order valence-electron chi connectivity index (χ3n) is 8.66. The Morgan fingerprint density at radius 2 is 1.45 bits per heavy atom. The highest BCUT2D eigenvalue weighted by molar-refractivity contribution is 5.98. The minimum Gasteiger partial charge on any atom is -0.494 e. The molecule has 2 aliphatic carbocycles. The first-order valence-corrected chi connectivity index (χ1v) is 14.8. The highest BCUT2D eigenvalue weighted by atomic mass is 16.5. The topological polar surface area (TPSA) is 123 Å². The van der Waals surface area contributed by atoms with Gasteiger partial charge in [0.15, 0.2) is 0 Å². The molecule has 42 heavy (non-hydrogen) atoms. The van der Waals surface area contributed by atoms with Crippen molar-refractivity contribution in [1.29, 1.82) is 0 Å². The number of hydrogen-bond donors (Lipinski definition) is 4. The molecule has 5 rings (SSSR count). The van der Waals surface area contributed by atoms with Crippen molar-refractivity contribution < 1.29 is 19.1 Å².